The highest BCUT2D eigenvalue weighted by atomic mass is 16.6. The molecule has 0 aliphatic heterocycles. The van der Waals surface area contributed by atoms with E-state index in [1.165, 1.54) is 6.07 Å². The van der Waals surface area contributed by atoms with E-state index in [1.807, 2.05) is 51.4 Å². The number of aryl methyl sites for hydroxylation is 1. The van der Waals surface area contributed by atoms with E-state index in [4.69, 9.17) is 10.7 Å². The Bertz CT molecular complexity index is 1410. The van der Waals surface area contributed by atoms with Crippen molar-refractivity contribution in [3.8, 4) is 0 Å². The number of rotatable bonds is 7. The molecule has 0 bridgehead atoms. The highest BCUT2D eigenvalue weighted by Gasteiger charge is 2.23. The number of nitrogens with two attached hydrogens (primary N) is 1. The molecule has 174 valence electrons. The van der Waals surface area contributed by atoms with Gasteiger partial charge in [-0.15, -0.1) is 0 Å². The van der Waals surface area contributed by atoms with Crippen molar-refractivity contribution in [3.63, 3.8) is 0 Å². The average Bonchev–Trinajstić information content (AvgIpc) is 2.79. The van der Waals surface area contributed by atoms with Crippen LogP contribution in [0.4, 0.5) is 11.4 Å². The summed E-state index contributed by atoms with van der Waals surface area (Å²) in [6, 6.07) is 18.1. The summed E-state index contributed by atoms with van der Waals surface area (Å²) >= 11 is 0. The van der Waals surface area contributed by atoms with E-state index in [2.05, 4.69) is 5.32 Å². The largest absolute Gasteiger partial charge is 0.398 e. The van der Waals surface area contributed by atoms with Gasteiger partial charge in [0.05, 0.1) is 60.0 Å². The number of hydrogen-bond acceptors (Lipinski definition) is 5. The number of anilines is 1. The maximum Gasteiger partial charge on any atom is 0.278 e. The number of benzene rings is 3. The summed E-state index contributed by atoms with van der Waals surface area (Å²) < 4.78 is 0.482. The third-order valence-corrected chi connectivity index (χ3v) is 6.11. The first-order valence-electron chi connectivity index (χ1n) is 11.1. The van der Waals surface area contributed by atoms with E-state index in [0.29, 0.717) is 46.4 Å². The molecule has 8 heteroatoms. The summed E-state index contributed by atoms with van der Waals surface area (Å²) in [4.78, 5) is 28.8. The molecular weight excluding hydrogens is 430 g/mol. The predicted octanol–water partition coefficient (Wildman–Crippen LogP) is 4.19. The van der Waals surface area contributed by atoms with E-state index in [9.17, 15) is 14.9 Å². The fraction of sp³-hybridized carbons (Fsp3) is 0.231. The Hall–Kier alpha value is -4.04. The second kappa shape index (κ2) is 9.07. The number of nitrogen functional groups attached to an aromatic ring is 1. The number of hydrogen-bond donors (Lipinski definition) is 2. The minimum absolute atomic E-state index is 0.111. The fourth-order valence-electron chi connectivity index (χ4n) is 4.28. The summed E-state index contributed by atoms with van der Waals surface area (Å²) in [5.41, 5.74) is 10.7. The van der Waals surface area contributed by atoms with Gasteiger partial charge < -0.3 is 15.5 Å². The van der Waals surface area contributed by atoms with Crippen LogP contribution in [0.2, 0.25) is 0 Å². The number of quaternary nitrogens is 1. The third kappa shape index (κ3) is 4.53. The molecule has 8 nitrogen and oxygen atoms in total. The van der Waals surface area contributed by atoms with Gasteiger partial charge in [-0.1, -0.05) is 42.5 Å². The van der Waals surface area contributed by atoms with Crippen molar-refractivity contribution >= 4 is 39.1 Å². The number of nitrogens with one attached hydrogen (secondary N) is 1. The zero-order valence-corrected chi connectivity index (χ0v) is 19.5. The zero-order valence-electron chi connectivity index (χ0n) is 19.5. The van der Waals surface area contributed by atoms with Gasteiger partial charge in [0.15, 0.2) is 0 Å². The van der Waals surface area contributed by atoms with Crippen molar-refractivity contribution < 1.29 is 14.2 Å². The summed E-state index contributed by atoms with van der Waals surface area (Å²) in [5.74, 6) is -0.226. The molecule has 1 heterocycles. The number of carbonyl (C=O) groups excluding carboxylic acids is 1. The summed E-state index contributed by atoms with van der Waals surface area (Å²) in [5, 5.41) is 15.9. The summed E-state index contributed by atoms with van der Waals surface area (Å²) in [6.45, 7) is 3.45. The Kier molecular flexibility index (Phi) is 6.17. The molecule has 0 aliphatic carbocycles. The third-order valence-electron chi connectivity index (χ3n) is 6.11. The first-order chi connectivity index (χ1) is 16.2. The van der Waals surface area contributed by atoms with Crippen molar-refractivity contribution in [3.05, 3.63) is 87.5 Å². The molecule has 0 aliphatic rings. The van der Waals surface area contributed by atoms with Gasteiger partial charge in [0, 0.05) is 16.8 Å². The number of nitro groups is 1. The Morgan fingerprint density at radius 1 is 1.03 bits per heavy atom. The molecule has 1 aromatic heterocycles. The first-order valence-corrected chi connectivity index (χ1v) is 11.1. The quantitative estimate of drug-likeness (QED) is 0.187. The molecule has 0 atom stereocenters. The number of aromatic nitrogens is 1. The molecule has 3 N–H and O–H groups in total. The van der Waals surface area contributed by atoms with Gasteiger partial charge in [0.25, 0.3) is 11.6 Å². The molecule has 0 saturated carbocycles. The van der Waals surface area contributed by atoms with E-state index < -0.39 is 0 Å². The summed E-state index contributed by atoms with van der Waals surface area (Å²) in [7, 11) is 3.97. The molecule has 4 aromatic rings. The minimum atomic E-state index is -0.359. The Morgan fingerprint density at radius 2 is 1.71 bits per heavy atom. The van der Waals surface area contributed by atoms with Crippen LogP contribution in [0.5, 0.6) is 0 Å². The minimum Gasteiger partial charge on any atom is -0.398 e. The maximum absolute atomic E-state index is 13.1. The zero-order chi connectivity index (χ0) is 24.5. The standard InChI is InChI=1S/C26H27N5O3/c1-17-8-6-10-19-23(27)20-11-7-12-21(25(20)29-24(17)19)26(32)28-14-15-31(2,3)16-18-9-4-5-13-22(18)30(33)34/h4-13H,14-16H2,1-3H3,(H2-,27,28,29,32)/p+1. The van der Waals surface area contributed by atoms with Crippen molar-refractivity contribution in [2.45, 2.75) is 13.5 Å². The van der Waals surface area contributed by atoms with Gasteiger partial charge in [0.2, 0.25) is 0 Å². The molecule has 0 spiro atoms. The number of para-hydroxylation sites is 3. The van der Waals surface area contributed by atoms with Crippen molar-refractivity contribution in [1.82, 2.24) is 10.3 Å². The monoisotopic (exact) mass is 458 g/mol. The lowest BCUT2D eigenvalue weighted by Crippen LogP contribution is -2.44. The van der Waals surface area contributed by atoms with Crippen molar-refractivity contribution in [1.29, 1.82) is 0 Å². The van der Waals surface area contributed by atoms with Gasteiger partial charge in [-0.25, -0.2) is 4.98 Å². The van der Waals surface area contributed by atoms with Crippen LogP contribution in [0.15, 0.2) is 60.7 Å². The maximum atomic E-state index is 13.1. The van der Waals surface area contributed by atoms with E-state index in [1.54, 1.807) is 24.3 Å². The van der Waals surface area contributed by atoms with Crippen LogP contribution in [-0.4, -0.2) is 47.5 Å². The van der Waals surface area contributed by atoms with Crippen LogP contribution < -0.4 is 11.1 Å². The Morgan fingerprint density at radius 3 is 2.44 bits per heavy atom. The number of amides is 1. The Labute approximate surface area is 197 Å². The molecular formula is C26H28N5O3+. The molecule has 3 aromatic carbocycles. The van der Waals surface area contributed by atoms with E-state index in [-0.39, 0.29) is 16.5 Å². The molecule has 0 saturated heterocycles. The van der Waals surface area contributed by atoms with Gasteiger partial charge >= 0.3 is 0 Å². The SMILES string of the molecule is Cc1cccc2c(N)c3cccc(C(=O)NCC[N+](C)(C)Cc4ccccc4[N+](=O)[O-])c3nc12. The number of pyridine rings is 1. The topological polar surface area (TPSA) is 111 Å². The molecule has 0 radical (unpaired) electrons. The van der Waals surface area contributed by atoms with Gasteiger partial charge in [-0.3, -0.25) is 14.9 Å². The smallest absolute Gasteiger partial charge is 0.278 e. The number of carbonyl (C=O) groups is 1. The normalized spacial score (nSPS) is 11.6. The number of nitrogens with zero attached hydrogens (tertiary/aromatic N) is 3. The van der Waals surface area contributed by atoms with Crippen LogP contribution in [-0.2, 0) is 6.54 Å². The van der Waals surface area contributed by atoms with E-state index in [0.717, 1.165) is 21.9 Å². The van der Waals surface area contributed by atoms with Crippen LogP contribution in [0.3, 0.4) is 0 Å². The van der Waals surface area contributed by atoms with Crippen molar-refractivity contribution in [2.24, 2.45) is 0 Å². The number of fused-ring (bicyclic) bond motifs is 2. The van der Waals surface area contributed by atoms with Gasteiger partial charge in [-0.05, 0) is 24.6 Å². The lowest BCUT2D eigenvalue weighted by molar-refractivity contribution is -0.902. The van der Waals surface area contributed by atoms with Crippen LogP contribution in [0.25, 0.3) is 21.8 Å². The fourth-order valence-corrected chi connectivity index (χ4v) is 4.28. The lowest BCUT2D eigenvalue weighted by Gasteiger charge is -2.29. The van der Waals surface area contributed by atoms with Gasteiger partial charge in [0.1, 0.15) is 6.54 Å². The number of likely N-dealkylation sites (N-methyl/N-ethyl adjacent to an activating group) is 1. The van der Waals surface area contributed by atoms with Gasteiger partial charge in [-0.2, -0.15) is 0 Å². The highest BCUT2D eigenvalue weighted by molar-refractivity contribution is 6.13. The lowest BCUT2D eigenvalue weighted by atomic mass is 10.0. The van der Waals surface area contributed by atoms with Crippen LogP contribution in [0, 0.1) is 17.0 Å². The summed E-state index contributed by atoms with van der Waals surface area (Å²) in [6.07, 6.45) is 0. The average molecular weight is 459 g/mol. The molecule has 34 heavy (non-hydrogen) atoms. The second-order valence-corrected chi connectivity index (χ2v) is 9.16. The first kappa shape index (κ1) is 23.1. The predicted molar refractivity (Wildman–Crippen MR) is 135 cm³/mol. The molecule has 0 fully saturated rings. The molecule has 4 rings (SSSR count). The molecule has 1 amide bonds. The van der Waals surface area contributed by atoms with Crippen LogP contribution in [0.1, 0.15) is 21.5 Å². The second-order valence-electron chi connectivity index (χ2n) is 9.16. The Balaban J connectivity index is 1.52. The van der Waals surface area contributed by atoms with Crippen LogP contribution >= 0.6 is 0 Å². The van der Waals surface area contributed by atoms with E-state index >= 15 is 0 Å². The highest BCUT2D eigenvalue weighted by Crippen LogP contribution is 2.31. The number of nitro benzene ring substituents is 1. The molecule has 0 unspecified atom stereocenters. The van der Waals surface area contributed by atoms with Crippen molar-refractivity contribution in [2.75, 3.05) is 32.9 Å².